The quantitative estimate of drug-likeness (QED) is 0.0187. The van der Waals surface area contributed by atoms with Gasteiger partial charge in [0.1, 0.15) is 90.9 Å². The number of phosphoric acid groups is 5. The van der Waals surface area contributed by atoms with Crippen molar-refractivity contribution in [1.82, 2.24) is 73.1 Å². The van der Waals surface area contributed by atoms with Gasteiger partial charge in [-0.15, -0.1) is 0 Å². The molecule has 4 fully saturated rings. The monoisotopic (exact) mass is 1490 g/mol. The van der Waals surface area contributed by atoms with Crippen molar-refractivity contribution < 1.29 is 137 Å². The standard InChI is InChI=1S/C43H56N19O31P5/c1-13-52-32-19(35(68)53-13)50-10-60(32)38-24(65)22(63)14(86-38)4-82-94(71,72)90-27-16(88-40(26(27)67)59-9-49-18-30(44)47-8-48-31(18)59)6-83-95(73,74)91-28-17(89-41(29(28)81-3)61-11-51-20-33(61)54-42(45)56-36(20)69)7-85-97(77,78)93-98(79,80)92-96(75,76)84-5-15-23(64)25(66)39(87-15)62-12-58(2)21-34(62)55-43(46)57-37(21)70/h8-12,14-17,22-29,38-41,63-67H,4-7H2,1-3H3,(H13-,44,45,46,47,48,52,53,54,55,56,57,68,69,70,71,72,73,74,75,76,77,78,79,80)/t14-,15-,16-,17-,22?,23?,24+,25?,26+,27?,28?,29+,38-,39-,40-,41-/m1/s1. The van der Waals surface area contributed by atoms with Gasteiger partial charge in [0, 0.05) is 7.11 Å². The molecule has 4 saturated heterocycles. The highest BCUT2D eigenvalue weighted by molar-refractivity contribution is 7.66. The van der Waals surface area contributed by atoms with E-state index in [1.54, 1.807) is 0 Å². The van der Waals surface area contributed by atoms with E-state index in [1.807, 2.05) is 0 Å². The largest absolute Gasteiger partial charge is 0.756 e. The number of aliphatic hydroxyl groups is 5. The van der Waals surface area contributed by atoms with E-state index < -0.39 is 186 Å². The Morgan fingerprint density at radius 2 is 0.969 bits per heavy atom. The second-order valence-corrected chi connectivity index (χ2v) is 29.2. The average Bonchev–Trinajstić information content (AvgIpc) is 1.63. The van der Waals surface area contributed by atoms with Gasteiger partial charge in [0.25, 0.3) is 30.1 Å². The van der Waals surface area contributed by atoms with Gasteiger partial charge in [0.05, 0.1) is 52.5 Å². The Morgan fingerprint density at radius 1 is 0.531 bits per heavy atom. The molecule has 0 bridgehead atoms. The normalized spacial score (nSPS) is 30.7. The number of aryl methyl sites for hydroxylation is 2. The second kappa shape index (κ2) is 26.6. The van der Waals surface area contributed by atoms with Crippen molar-refractivity contribution in [2.45, 2.75) is 105 Å². The number of phosphoric ester groups is 4. The molecule has 12 heterocycles. The van der Waals surface area contributed by atoms with E-state index in [0.29, 0.717) is 0 Å². The maximum absolute atomic E-state index is 14.3. The summed E-state index contributed by atoms with van der Waals surface area (Å²) in [6.45, 7) is -3.53. The van der Waals surface area contributed by atoms with E-state index in [2.05, 4.69) is 68.0 Å². The Balaban J connectivity index is 0.741. The first kappa shape index (κ1) is 71.1. The zero-order valence-electron chi connectivity index (χ0n) is 49.7. The number of nitrogens with two attached hydrogens (primary N) is 3. The summed E-state index contributed by atoms with van der Waals surface area (Å²) in [5.74, 6) is -0.814. The average molecular weight is 1490 g/mol. The Morgan fingerprint density at radius 3 is 1.55 bits per heavy atom. The number of nitrogen functional groups attached to an aromatic ring is 3. The molecule has 8 aromatic rings. The number of aromatic nitrogens is 16. The molecule has 0 aromatic carbocycles. The summed E-state index contributed by atoms with van der Waals surface area (Å²) in [6, 6.07) is 0. The van der Waals surface area contributed by atoms with E-state index in [0.717, 1.165) is 50.7 Å². The van der Waals surface area contributed by atoms with E-state index in [1.165, 1.54) is 24.9 Å². The summed E-state index contributed by atoms with van der Waals surface area (Å²) in [5.41, 5.74) is 14.0. The van der Waals surface area contributed by atoms with Crippen LogP contribution in [0.5, 0.6) is 0 Å². The van der Waals surface area contributed by atoms with Gasteiger partial charge in [-0.1, -0.05) is 0 Å². The van der Waals surface area contributed by atoms with Crippen LogP contribution in [0.1, 0.15) is 30.7 Å². The van der Waals surface area contributed by atoms with Gasteiger partial charge in [-0.2, -0.15) is 14.5 Å². The fourth-order valence-electron chi connectivity index (χ4n) is 11.1. The minimum absolute atomic E-state index is 0.0314. The van der Waals surface area contributed by atoms with Crippen molar-refractivity contribution in [2.75, 3.05) is 50.7 Å². The number of nitrogens with zero attached hydrogens (tertiary/aromatic N) is 13. The van der Waals surface area contributed by atoms with Crippen molar-refractivity contribution in [3.05, 3.63) is 68.5 Å². The first-order valence-electron chi connectivity index (χ1n) is 27.9. The fourth-order valence-corrected chi connectivity index (χ4v) is 16.4. The topological polar surface area (TPSA) is 714 Å². The number of hydrogen-bond acceptors (Lipinski definition) is 38. The van der Waals surface area contributed by atoms with Gasteiger partial charge < -0.3 is 95.9 Å². The predicted octanol–water partition coefficient (Wildman–Crippen LogP) is -6.14. The third-order valence-electron chi connectivity index (χ3n) is 15.3. The number of hydrogen-bond donors (Lipinski definition) is 15. The van der Waals surface area contributed by atoms with Crippen LogP contribution in [0.4, 0.5) is 17.7 Å². The van der Waals surface area contributed by atoms with Crippen LogP contribution in [0.15, 0.2) is 46.0 Å². The SMILES string of the molecule is CO[C@H]1C(OP(=O)(O)OC[C@H]2O[C@@H](n3cnc4c(N)ncnc43)[C@@H](O)C2OP(=O)(O)OC[C@H]2O[C@@H](n3cnc4c(=O)[nH]c(C)nc43)[C@@H](O)C2O)[C@@H](COP(=O)(O)OP(=O)([O-])OP(=O)(O)OC[C@H]2O[C@@H](n3c[n+](C)c4c(=O)[nH]c(N)nc43)C(O)C2O)O[C@H]1n1cnc2c(=O)[nH]c(N)nc21. The van der Waals surface area contributed by atoms with Crippen molar-refractivity contribution in [3.8, 4) is 0 Å². The highest BCUT2D eigenvalue weighted by Gasteiger charge is 2.55. The Bertz CT molecular complexity index is 4820. The number of nitrogens with one attached hydrogen (secondary N) is 3. The van der Waals surface area contributed by atoms with Crippen LogP contribution < -0.4 is 43.3 Å². The molecule has 21 atom stereocenters. The minimum atomic E-state index is -6.59. The number of ether oxygens (including phenoxy) is 5. The molecule has 12 rings (SSSR count). The van der Waals surface area contributed by atoms with E-state index in [9.17, 15) is 87.2 Å². The van der Waals surface area contributed by atoms with Crippen LogP contribution in [-0.4, -0.2) is 225 Å². The van der Waals surface area contributed by atoms with Gasteiger partial charge in [0.15, 0.2) is 52.5 Å². The zero-order valence-corrected chi connectivity index (χ0v) is 54.2. The summed E-state index contributed by atoms with van der Waals surface area (Å²) < 4.78 is 141. The van der Waals surface area contributed by atoms with Crippen LogP contribution in [0.2, 0.25) is 0 Å². The molecule has 4 aliphatic rings. The molecule has 8 aromatic heterocycles. The number of H-pyrrole nitrogens is 3. The lowest BCUT2D eigenvalue weighted by atomic mass is 10.1. The maximum Gasteiger partial charge on any atom is 0.478 e. The number of aliphatic hydroxyl groups excluding tert-OH is 5. The van der Waals surface area contributed by atoms with Crippen LogP contribution in [0.3, 0.4) is 0 Å². The number of imidazole rings is 4. The number of rotatable bonds is 25. The number of fused-ring (bicyclic) bond motifs is 4. The molecule has 55 heteroatoms. The van der Waals surface area contributed by atoms with E-state index >= 15 is 0 Å². The van der Waals surface area contributed by atoms with Gasteiger partial charge in [-0.3, -0.25) is 69.8 Å². The Kier molecular flexibility index (Phi) is 19.3. The first-order chi connectivity index (χ1) is 46.0. The van der Waals surface area contributed by atoms with E-state index in [4.69, 9.17) is 63.5 Å². The maximum atomic E-state index is 14.3. The predicted molar refractivity (Wildman–Crippen MR) is 310 cm³/mol. The van der Waals surface area contributed by atoms with Crippen molar-refractivity contribution in [3.63, 3.8) is 0 Å². The third kappa shape index (κ3) is 14.1. The summed E-state index contributed by atoms with van der Waals surface area (Å²) in [5, 5.41) is 55.5. The van der Waals surface area contributed by atoms with Crippen LogP contribution in [0.25, 0.3) is 44.7 Å². The van der Waals surface area contributed by atoms with Gasteiger partial charge in [0.2, 0.25) is 24.5 Å². The number of aromatic amines is 3. The Hall–Kier alpha value is -6.77. The molecule has 18 N–H and O–H groups in total. The first-order valence-corrected chi connectivity index (χ1v) is 35.4. The summed E-state index contributed by atoms with van der Waals surface area (Å²) in [4.78, 5) is 134. The summed E-state index contributed by atoms with van der Waals surface area (Å²) >= 11 is 0. The van der Waals surface area contributed by atoms with Gasteiger partial charge in [-0.25, -0.2) is 61.4 Å². The molecule has 50 nitrogen and oxygen atoms in total. The molecule has 534 valence electrons. The summed E-state index contributed by atoms with van der Waals surface area (Å²) in [6.07, 6.45) is -24.3. The van der Waals surface area contributed by atoms with E-state index in [-0.39, 0.29) is 62.2 Å². The fraction of sp³-hybridized carbons (Fsp3) is 0.535. The van der Waals surface area contributed by atoms with Crippen molar-refractivity contribution in [2.24, 2.45) is 7.05 Å². The highest BCUT2D eigenvalue weighted by atomic mass is 31.3. The van der Waals surface area contributed by atoms with Crippen LogP contribution in [0, 0.1) is 6.92 Å². The third-order valence-corrected chi connectivity index (χ3v) is 21.5. The smallest absolute Gasteiger partial charge is 0.478 e. The Labute approximate surface area is 541 Å². The molecular weight excluding hydrogens is 1430 g/mol. The summed E-state index contributed by atoms with van der Waals surface area (Å²) in [7, 11) is -27.8. The number of anilines is 3. The molecule has 0 saturated carbocycles. The molecule has 0 radical (unpaired) electrons. The van der Waals surface area contributed by atoms with Crippen molar-refractivity contribution in [1.29, 1.82) is 0 Å². The molecule has 98 heavy (non-hydrogen) atoms. The molecule has 4 aliphatic heterocycles. The van der Waals surface area contributed by atoms with Crippen LogP contribution in [-0.2, 0) is 89.3 Å². The lowest BCUT2D eigenvalue weighted by Gasteiger charge is -2.28. The molecular formula is C43H56N19O31P5. The van der Waals surface area contributed by atoms with Crippen molar-refractivity contribution >= 4 is 101 Å². The molecule has 0 amide bonds. The minimum Gasteiger partial charge on any atom is -0.756 e. The molecule has 0 aliphatic carbocycles. The number of methoxy groups -OCH3 is 1. The zero-order chi connectivity index (χ0) is 70.6. The lowest BCUT2D eigenvalue weighted by molar-refractivity contribution is -0.646. The second-order valence-electron chi connectivity index (χ2n) is 21.8. The van der Waals surface area contributed by atoms with Gasteiger partial charge >= 0.3 is 36.9 Å². The van der Waals surface area contributed by atoms with Gasteiger partial charge in [-0.05, 0) is 6.92 Å². The molecule has 0 spiro atoms. The molecule has 10 unspecified atom stereocenters. The lowest BCUT2D eigenvalue weighted by Crippen LogP contribution is -2.38. The van der Waals surface area contributed by atoms with Crippen LogP contribution >= 0.6 is 39.1 Å². The highest BCUT2D eigenvalue weighted by Crippen LogP contribution is 2.66.